The van der Waals surface area contributed by atoms with Crippen molar-refractivity contribution in [1.82, 2.24) is 0 Å². The molecule has 15 heavy (non-hydrogen) atoms. The van der Waals surface area contributed by atoms with Crippen LogP contribution in [0, 0.1) is 0 Å². The Hall–Kier alpha value is -0.490. The number of aryl methyl sites for hydroxylation is 1. The van der Waals surface area contributed by atoms with Crippen LogP contribution in [0.4, 0.5) is 0 Å². The van der Waals surface area contributed by atoms with Crippen molar-refractivity contribution in [3.63, 3.8) is 0 Å². The summed E-state index contributed by atoms with van der Waals surface area (Å²) in [6.07, 6.45) is 3.32. The number of hydrogen-bond acceptors (Lipinski definition) is 0. The summed E-state index contributed by atoms with van der Waals surface area (Å²) in [4.78, 5) is 0. The van der Waals surface area contributed by atoms with E-state index in [0.717, 1.165) is 17.9 Å². The van der Waals surface area contributed by atoms with Gasteiger partial charge in [-0.1, -0.05) is 45.4 Å². The van der Waals surface area contributed by atoms with Crippen molar-refractivity contribution in [2.75, 3.05) is 0 Å². The maximum absolute atomic E-state index is 6.26. The molecule has 1 heteroatoms. The van der Waals surface area contributed by atoms with Gasteiger partial charge in [-0.3, -0.25) is 0 Å². The first kappa shape index (κ1) is 12.6. The molecule has 84 valence electrons. The molecule has 1 unspecified atom stereocenters. The first-order valence-electron chi connectivity index (χ1n) is 5.95. The highest BCUT2D eigenvalue weighted by Gasteiger charge is 2.14. The van der Waals surface area contributed by atoms with Crippen LogP contribution in [0.15, 0.2) is 12.1 Å². The van der Waals surface area contributed by atoms with Crippen LogP contribution in [0.1, 0.15) is 56.7 Å². The molecule has 0 aromatic heterocycles. The molecule has 0 radical (unpaired) electrons. The molecule has 1 aromatic rings. The first-order chi connectivity index (χ1) is 7.15. The SMILES string of the molecule is CCc1ccc(Cl)c(CC)c1C(C)CC. The minimum atomic E-state index is 0.619. The fourth-order valence-electron chi connectivity index (χ4n) is 2.17. The molecule has 0 amide bonds. The Kier molecular flexibility index (Phi) is 4.66. The molecule has 0 bridgehead atoms. The first-order valence-corrected chi connectivity index (χ1v) is 6.33. The minimum absolute atomic E-state index is 0.619. The van der Waals surface area contributed by atoms with E-state index in [0.29, 0.717) is 5.92 Å². The second kappa shape index (κ2) is 5.55. The molecule has 0 fully saturated rings. The molecule has 0 heterocycles. The van der Waals surface area contributed by atoms with Gasteiger partial charge in [-0.2, -0.15) is 0 Å². The lowest BCUT2D eigenvalue weighted by Crippen LogP contribution is -2.03. The molecule has 0 aliphatic rings. The molecule has 1 rings (SSSR count). The van der Waals surface area contributed by atoms with Crippen molar-refractivity contribution in [3.8, 4) is 0 Å². The average Bonchev–Trinajstić information content (AvgIpc) is 2.27. The van der Waals surface area contributed by atoms with Gasteiger partial charge in [0, 0.05) is 5.02 Å². The second-order valence-corrected chi connectivity index (χ2v) is 4.52. The average molecular weight is 225 g/mol. The lowest BCUT2D eigenvalue weighted by atomic mass is 9.87. The zero-order valence-electron chi connectivity index (χ0n) is 10.2. The summed E-state index contributed by atoms with van der Waals surface area (Å²) < 4.78 is 0. The highest BCUT2D eigenvalue weighted by Crippen LogP contribution is 2.32. The molecule has 1 atom stereocenters. The second-order valence-electron chi connectivity index (χ2n) is 4.12. The van der Waals surface area contributed by atoms with E-state index in [1.807, 2.05) is 6.07 Å². The Morgan fingerprint density at radius 3 is 2.27 bits per heavy atom. The Bertz CT molecular complexity index is 328. The third-order valence-corrected chi connectivity index (χ3v) is 3.58. The quantitative estimate of drug-likeness (QED) is 0.677. The Morgan fingerprint density at radius 2 is 1.80 bits per heavy atom. The van der Waals surface area contributed by atoms with Crippen molar-refractivity contribution in [3.05, 3.63) is 33.8 Å². The summed E-state index contributed by atoms with van der Waals surface area (Å²) in [5, 5.41) is 0.935. The predicted molar refractivity (Wildman–Crippen MR) is 68.9 cm³/mol. The molecule has 0 nitrogen and oxygen atoms in total. The van der Waals surface area contributed by atoms with E-state index in [2.05, 4.69) is 33.8 Å². The van der Waals surface area contributed by atoms with Crippen LogP contribution in [0.5, 0.6) is 0 Å². The van der Waals surface area contributed by atoms with E-state index in [1.54, 1.807) is 0 Å². The van der Waals surface area contributed by atoms with Crippen LogP contribution in [-0.2, 0) is 12.8 Å². The normalized spacial score (nSPS) is 12.9. The Labute approximate surface area is 98.7 Å². The summed E-state index contributed by atoms with van der Waals surface area (Å²) in [5.41, 5.74) is 4.31. The molecule has 0 spiro atoms. The van der Waals surface area contributed by atoms with Crippen molar-refractivity contribution in [2.45, 2.75) is 52.9 Å². The third-order valence-electron chi connectivity index (χ3n) is 3.23. The number of halogens is 1. The van der Waals surface area contributed by atoms with Crippen molar-refractivity contribution < 1.29 is 0 Å². The fraction of sp³-hybridized carbons (Fsp3) is 0.571. The van der Waals surface area contributed by atoms with E-state index < -0.39 is 0 Å². The number of benzene rings is 1. The standard InChI is InChI=1S/C14H21Cl/c1-5-10(4)14-11(6-2)8-9-13(15)12(14)7-3/h8-10H,5-7H2,1-4H3. The molecule has 0 saturated heterocycles. The Morgan fingerprint density at radius 1 is 1.13 bits per heavy atom. The lowest BCUT2D eigenvalue weighted by molar-refractivity contribution is 0.713. The van der Waals surface area contributed by atoms with Crippen LogP contribution in [0.2, 0.25) is 5.02 Å². The molecular formula is C14H21Cl. The molecule has 0 aliphatic heterocycles. The molecular weight excluding hydrogens is 204 g/mol. The van der Waals surface area contributed by atoms with Gasteiger partial charge in [-0.15, -0.1) is 0 Å². The number of rotatable bonds is 4. The molecule has 0 saturated carbocycles. The smallest absolute Gasteiger partial charge is 0.0440 e. The summed E-state index contributed by atoms with van der Waals surface area (Å²) in [7, 11) is 0. The van der Waals surface area contributed by atoms with E-state index >= 15 is 0 Å². The van der Waals surface area contributed by atoms with Crippen molar-refractivity contribution in [2.24, 2.45) is 0 Å². The predicted octanol–water partition coefficient (Wildman–Crippen LogP) is 4.98. The van der Waals surface area contributed by atoms with Crippen LogP contribution in [0.25, 0.3) is 0 Å². The maximum Gasteiger partial charge on any atom is 0.0440 e. The van der Waals surface area contributed by atoms with Gasteiger partial charge in [0.05, 0.1) is 0 Å². The zero-order chi connectivity index (χ0) is 11.4. The van der Waals surface area contributed by atoms with Gasteiger partial charge in [-0.25, -0.2) is 0 Å². The van der Waals surface area contributed by atoms with E-state index in [1.165, 1.54) is 23.1 Å². The molecule has 1 aromatic carbocycles. The van der Waals surface area contributed by atoms with Gasteiger partial charge < -0.3 is 0 Å². The van der Waals surface area contributed by atoms with Crippen molar-refractivity contribution >= 4 is 11.6 Å². The fourth-order valence-corrected chi connectivity index (χ4v) is 2.47. The molecule has 0 N–H and O–H groups in total. The summed E-state index contributed by atoms with van der Waals surface area (Å²) >= 11 is 6.26. The summed E-state index contributed by atoms with van der Waals surface area (Å²) in [6.45, 7) is 8.94. The topological polar surface area (TPSA) is 0 Å². The largest absolute Gasteiger partial charge is 0.0840 e. The van der Waals surface area contributed by atoms with E-state index in [4.69, 9.17) is 11.6 Å². The van der Waals surface area contributed by atoms with Crippen molar-refractivity contribution in [1.29, 1.82) is 0 Å². The van der Waals surface area contributed by atoms with Gasteiger partial charge in [0.15, 0.2) is 0 Å². The van der Waals surface area contributed by atoms with Crippen LogP contribution >= 0.6 is 11.6 Å². The Balaban J connectivity index is 3.33. The highest BCUT2D eigenvalue weighted by atomic mass is 35.5. The van der Waals surface area contributed by atoms with Gasteiger partial charge in [0.25, 0.3) is 0 Å². The third kappa shape index (κ3) is 2.55. The zero-order valence-corrected chi connectivity index (χ0v) is 11.0. The van der Waals surface area contributed by atoms with E-state index in [9.17, 15) is 0 Å². The maximum atomic E-state index is 6.26. The monoisotopic (exact) mass is 224 g/mol. The lowest BCUT2D eigenvalue weighted by Gasteiger charge is -2.19. The van der Waals surface area contributed by atoms with Gasteiger partial charge in [0.2, 0.25) is 0 Å². The highest BCUT2D eigenvalue weighted by molar-refractivity contribution is 6.31. The van der Waals surface area contributed by atoms with Crippen LogP contribution in [-0.4, -0.2) is 0 Å². The molecule has 0 aliphatic carbocycles. The van der Waals surface area contributed by atoms with Crippen LogP contribution in [0.3, 0.4) is 0 Å². The summed E-state index contributed by atoms with van der Waals surface area (Å²) in [6, 6.07) is 4.23. The number of hydrogen-bond donors (Lipinski definition) is 0. The van der Waals surface area contributed by atoms with E-state index in [-0.39, 0.29) is 0 Å². The van der Waals surface area contributed by atoms with Gasteiger partial charge in [-0.05, 0) is 47.9 Å². The van der Waals surface area contributed by atoms with Gasteiger partial charge >= 0.3 is 0 Å². The minimum Gasteiger partial charge on any atom is -0.0840 e. The summed E-state index contributed by atoms with van der Waals surface area (Å²) in [5.74, 6) is 0.619. The van der Waals surface area contributed by atoms with Crippen LogP contribution < -0.4 is 0 Å². The van der Waals surface area contributed by atoms with Gasteiger partial charge in [0.1, 0.15) is 0 Å².